The molecule has 4 unspecified atom stereocenters. The predicted octanol–water partition coefficient (Wildman–Crippen LogP) is 6.86. The average Bonchev–Trinajstić information content (AvgIpc) is 2.79. The van der Waals surface area contributed by atoms with Crippen LogP contribution in [0.1, 0.15) is 72.4 Å². The number of halogens is 3. The highest BCUT2D eigenvalue weighted by molar-refractivity contribution is 6.34. The second-order valence-corrected chi connectivity index (χ2v) is 11.4. The number of amides is 2. The van der Waals surface area contributed by atoms with Crippen molar-refractivity contribution in [2.45, 2.75) is 78.6 Å². The van der Waals surface area contributed by atoms with Crippen molar-refractivity contribution in [3.63, 3.8) is 0 Å². The number of hydrogen-bond donors (Lipinski definition) is 1. The molecule has 196 valence electrons. The molecule has 0 bridgehead atoms. The van der Waals surface area contributed by atoms with Crippen molar-refractivity contribution < 1.29 is 14.0 Å². The van der Waals surface area contributed by atoms with Gasteiger partial charge in [-0.25, -0.2) is 4.39 Å². The van der Waals surface area contributed by atoms with Crippen LogP contribution in [0.3, 0.4) is 0 Å². The summed E-state index contributed by atoms with van der Waals surface area (Å²) >= 11 is 12.2. The molecule has 1 aromatic rings. The highest BCUT2D eigenvalue weighted by atomic mass is 35.5. The van der Waals surface area contributed by atoms with E-state index in [1.54, 1.807) is 29.2 Å². The number of amidine groups is 1. The van der Waals surface area contributed by atoms with E-state index in [9.17, 15) is 14.0 Å². The van der Waals surface area contributed by atoms with E-state index >= 15 is 0 Å². The molecule has 5 nitrogen and oxygen atoms in total. The largest absolute Gasteiger partial charge is 0.346 e. The molecule has 2 amide bonds. The molecule has 3 rings (SSSR count). The normalized spacial score (nSPS) is 24.2. The lowest BCUT2D eigenvalue weighted by Gasteiger charge is -2.41. The Morgan fingerprint density at radius 2 is 1.86 bits per heavy atom. The Labute approximate surface area is 223 Å². The lowest BCUT2D eigenvalue weighted by Crippen LogP contribution is -2.51. The Morgan fingerprint density at radius 1 is 1.22 bits per heavy atom. The quantitative estimate of drug-likeness (QED) is 0.395. The van der Waals surface area contributed by atoms with Crippen LogP contribution in [0.5, 0.6) is 0 Å². The highest BCUT2D eigenvalue weighted by Gasteiger charge is 2.40. The topological polar surface area (TPSA) is 61.8 Å². The summed E-state index contributed by atoms with van der Waals surface area (Å²) in [7, 11) is 0. The summed E-state index contributed by atoms with van der Waals surface area (Å²) in [5.74, 6) is 0.627. The molecule has 0 fully saturated rings. The molecule has 1 N–H and O–H groups in total. The number of rotatable bonds is 8. The van der Waals surface area contributed by atoms with Gasteiger partial charge in [-0.2, -0.15) is 0 Å². The van der Waals surface area contributed by atoms with Gasteiger partial charge in [-0.05, 0) is 67.7 Å². The molecule has 1 aromatic carbocycles. The number of carbonyl (C=O) groups excluding carboxylic acids is 2. The SMILES string of the molecule is CCC(C)C1=NC(C)(C(C)C)CC(=O)N1CC1=CC(C(=O)NC(C)c2cc(Cl)cc(Cl)c2)=CC(F)C1. The Kier molecular flexibility index (Phi) is 9.05. The molecule has 0 spiro atoms. The van der Waals surface area contributed by atoms with Crippen LogP contribution in [0.2, 0.25) is 10.0 Å². The molecular weight excluding hydrogens is 500 g/mol. The van der Waals surface area contributed by atoms with Crippen LogP contribution in [0.4, 0.5) is 4.39 Å². The number of benzene rings is 1. The van der Waals surface area contributed by atoms with Gasteiger partial charge < -0.3 is 5.32 Å². The Hall–Kier alpha value is -2.18. The monoisotopic (exact) mass is 535 g/mol. The average molecular weight is 537 g/mol. The van der Waals surface area contributed by atoms with Crippen molar-refractivity contribution in [2.24, 2.45) is 16.8 Å². The first-order chi connectivity index (χ1) is 16.8. The van der Waals surface area contributed by atoms with Crippen LogP contribution in [0.25, 0.3) is 0 Å². The Morgan fingerprint density at radius 3 is 2.44 bits per heavy atom. The van der Waals surface area contributed by atoms with Crippen LogP contribution >= 0.6 is 23.2 Å². The maximum absolute atomic E-state index is 14.7. The molecule has 4 atom stereocenters. The van der Waals surface area contributed by atoms with Gasteiger partial charge in [0, 0.05) is 34.5 Å². The number of aliphatic imine (C=N–C) groups is 1. The van der Waals surface area contributed by atoms with Gasteiger partial charge in [0.1, 0.15) is 12.0 Å². The number of alkyl halides is 1. The first-order valence-electron chi connectivity index (χ1n) is 12.5. The second-order valence-electron chi connectivity index (χ2n) is 10.5. The van der Waals surface area contributed by atoms with E-state index in [1.807, 2.05) is 13.8 Å². The van der Waals surface area contributed by atoms with Crippen LogP contribution < -0.4 is 5.32 Å². The lowest BCUT2D eigenvalue weighted by atomic mass is 9.83. The fourth-order valence-corrected chi connectivity index (χ4v) is 4.97. The number of nitrogens with zero attached hydrogens (tertiary/aromatic N) is 2. The second kappa shape index (κ2) is 11.5. The minimum absolute atomic E-state index is 0.0141. The zero-order chi connectivity index (χ0) is 26.8. The zero-order valence-corrected chi connectivity index (χ0v) is 23.4. The van der Waals surface area contributed by atoms with E-state index < -0.39 is 17.6 Å². The molecule has 1 aliphatic heterocycles. The minimum Gasteiger partial charge on any atom is -0.346 e. The van der Waals surface area contributed by atoms with Crippen molar-refractivity contribution in [3.8, 4) is 0 Å². The van der Waals surface area contributed by atoms with E-state index in [-0.39, 0.29) is 42.3 Å². The Bertz CT molecular complexity index is 1090. The summed E-state index contributed by atoms with van der Waals surface area (Å²) in [6.07, 6.45) is 2.98. The van der Waals surface area contributed by atoms with E-state index in [2.05, 4.69) is 33.0 Å². The van der Waals surface area contributed by atoms with Crippen molar-refractivity contribution in [1.82, 2.24) is 10.2 Å². The summed E-state index contributed by atoms with van der Waals surface area (Å²) in [5, 5.41) is 3.84. The summed E-state index contributed by atoms with van der Waals surface area (Å²) in [6, 6.07) is 4.70. The minimum atomic E-state index is -1.31. The number of carbonyl (C=O) groups is 2. The maximum atomic E-state index is 14.7. The first kappa shape index (κ1) is 28.4. The molecule has 0 saturated carbocycles. The Balaban J connectivity index is 1.82. The lowest BCUT2D eigenvalue weighted by molar-refractivity contribution is -0.129. The summed E-state index contributed by atoms with van der Waals surface area (Å²) in [5.41, 5.74) is 1.22. The number of allylic oxidation sites excluding steroid dienone is 1. The third kappa shape index (κ3) is 6.57. The van der Waals surface area contributed by atoms with Gasteiger partial charge in [0.05, 0.1) is 18.0 Å². The molecule has 0 aromatic heterocycles. The third-order valence-electron chi connectivity index (χ3n) is 7.29. The molecule has 0 saturated heterocycles. The van der Waals surface area contributed by atoms with E-state index in [1.165, 1.54) is 6.08 Å². The fraction of sp³-hybridized carbons (Fsp3) is 0.536. The highest BCUT2D eigenvalue weighted by Crippen LogP contribution is 2.34. The maximum Gasteiger partial charge on any atom is 0.251 e. The number of hydrogen-bond acceptors (Lipinski definition) is 3. The van der Waals surface area contributed by atoms with Crippen molar-refractivity contribution >= 4 is 40.9 Å². The molecule has 36 heavy (non-hydrogen) atoms. The smallest absolute Gasteiger partial charge is 0.251 e. The summed E-state index contributed by atoms with van der Waals surface area (Å²) < 4.78 is 14.7. The molecule has 2 aliphatic rings. The molecular formula is C28H36Cl2FN3O2. The first-order valence-corrected chi connectivity index (χ1v) is 13.3. The van der Waals surface area contributed by atoms with Gasteiger partial charge in [-0.15, -0.1) is 0 Å². The zero-order valence-electron chi connectivity index (χ0n) is 21.9. The summed E-state index contributed by atoms with van der Waals surface area (Å²) in [6.45, 7) is 12.3. The van der Waals surface area contributed by atoms with Crippen molar-refractivity contribution in [3.05, 3.63) is 57.1 Å². The molecule has 8 heteroatoms. The van der Waals surface area contributed by atoms with Gasteiger partial charge in [-0.1, -0.05) is 50.9 Å². The van der Waals surface area contributed by atoms with Gasteiger partial charge in [0.25, 0.3) is 5.91 Å². The van der Waals surface area contributed by atoms with Gasteiger partial charge in [0.2, 0.25) is 5.91 Å². The standard InChI is InChI=1S/C28H36Cl2FN3O2/c1-7-17(4)26-33-28(6,16(2)3)14-25(35)34(26)15-19-8-21(12-24(31)9-19)27(36)32-18(5)20-10-22(29)13-23(30)11-20/h8,10-13,16-18,24H,7,9,14-15H2,1-6H3,(H,32,36). The van der Waals surface area contributed by atoms with E-state index in [0.29, 0.717) is 22.0 Å². The van der Waals surface area contributed by atoms with E-state index in [0.717, 1.165) is 17.8 Å². The predicted molar refractivity (Wildman–Crippen MR) is 145 cm³/mol. The summed E-state index contributed by atoms with van der Waals surface area (Å²) in [4.78, 5) is 33.0. The van der Waals surface area contributed by atoms with Crippen LogP contribution in [-0.2, 0) is 9.59 Å². The van der Waals surface area contributed by atoms with Crippen LogP contribution in [0.15, 0.2) is 46.5 Å². The van der Waals surface area contributed by atoms with E-state index in [4.69, 9.17) is 28.2 Å². The van der Waals surface area contributed by atoms with Crippen molar-refractivity contribution in [1.29, 1.82) is 0 Å². The number of nitrogens with one attached hydrogen (secondary N) is 1. The van der Waals surface area contributed by atoms with Crippen LogP contribution in [-0.4, -0.2) is 40.8 Å². The van der Waals surface area contributed by atoms with Crippen molar-refractivity contribution in [2.75, 3.05) is 6.54 Å². The third-order valence-corrected chi connectivity index (χ3v) is 7.72. The van der Waals surface area contributed by atoms with Crippen LogP contribution in [0, 0.1) is 11.8 Å². The molecule has 1 heterocycles. The van der Waals surface area contributed by atoms with Gasteiger partial charge >= 0.3 is 0 Å². The fourth-order valence-electron chi connectivity index (χ4n) is 4.43. The van der Waals surface area contributed by atoms with Gasteiger partial charge in [0.15, 0.2) is 0 Å². The molecule has 0 radical (unpaired) electrons. The molecule has 1 aliphatic carbocycles. The van der Waals surface area contributed by atoms with Gasteiger partial charge in [-0.3, -0.25) is 19.5 Å².